The zero-order valence-corrected chi connectivity index (χ0v) is 18.0. The van der Waals surface area contributed by atoms with E-state index >= 15 is 0 Å². The number of hydrogen-bond donors (Lipinski definition) is 1. The van der Waals surface area contributed by atoms with E-state index in [2.05, 4.69) is 4.72 Å². The zero-order valence-electron chi connectivity index (χ0n) is 17.2. The van der Waals surface area contributed by atoms with Crippen LogP contribution in [0.15, 0.2) is 59.5 Å². The van der Waals surface area contributed by atoms with E-state index in [-0.39, 0.29) is 24.0 Å². The third-order valence-corrected chi connectivity index (χ3v) is 6.44. The molecule has 0 aliphatic rings. The molecule has 154 valence electrons. The fourth-order valence-electron chi connectivity index (χ4n) is 3.33. The van der Waals surface area contributed by atoms with Crippen molar-refractivity contribution in [2.75, 3.05) is 20.3 Å². The predicted octanol–water partition coefficient (Wildman–Crippen LogP) is 4.64. The summed E-state index contributed by atoms with van der Waals surface area (Å²) in [6.07, 6.45) is 0. The topological polar surface area (TPSA) is 64.6 Å². The Morgan fingerprint density at radius 2 is 1.72 bits per heavy atom. The van der Waals surface area contributed by atoms with Crippen LogP contribution in [0, 0.1) is 6.92 Å². The molecule has 0 saturated carbocycles. The van der Waals surface area contributed by atoms with E-state index in [1.165, 1.54) is 0 Å². The lowest BCUT2D eigenvalue weighted by Crippen LogP contribution is -2.29. The Hall–Kier alpha value is -2.57. The lowest BCUT2D eigenvalue weighted by atomic mass is 10.0. The maximum absolute atomic E-state index is 12.8. The molecule has 0 unspecified atom stereocenters. The van der Waals surface area contributed by atoms with E-state index in [1.54, 1.807) is 26.2 Å². The molecule has 0 aliphatic heterocycles. The molecule has 5 nitrogen and oxygen atoms in total. The van der Waals surface area contributed by atoms with Crippen molar-refractivity contribution < 1.29 is 17.9 Å². The van der Waals surface area contributed by atoms with Gasteiger partial charge >= 0.3 is 0 Å². The van der Waals surface area contributed by atoms with Crippen LogP contribution in [-0.4, -0.2) is 28.7 Å². The van der Waals surface area contributed by atoms with Crippen LogP contribution in [-0.2, 0) is 10.0 Å². The first kappa shape index (κ1) is 21.1. The quantitative estimate of drug-likeness (QED) is 0.547. The fraction of sp³-hybridized carbons (Fsp3) is 0.304. The van der Waals surface area contributed by atoms with Gasteiger partial charge in [0.15, 0.2) is 0 Å². The Balaban J connectivity index is 1.71. The second-order valence-electron chi connectivity index (χ2n) is 7.24. The first-order valence-electron chi connectivity index (χ1n) is 9.62. The molecule has 0 heterocycles. The molecule has 0 spiro atoms. The average molecular weight is 414 g/mol. The van der Waals surface area contributed by atoms with Gasteiger partial charge in [-0.15, -0.1) is 0 Å². The molecule has 0 radical (unpaired) electrons. The average Bonchev–Trinajstić information content (AvgIpc) is 2.70. The van der Waals surface area contributed by atoms with Crippen LogP contribution in [0.25, 0.3) is 10.8 Å². The van der Waals surface area contributed by atoms with E-state index in [0.29, 0.717) is 11.3 Å². The minimum absolute atomic E-state index is 0.147. The van der Waals surface area contributed by atoms with E-state index in [9.17, 15) is 8.42 Å². The van der Waals surface area contributed by atoms with Gasteiger partial charge in [-0.25, -0.2) is 13.1 Å². The van der Waals surface area contributed by atoms with Crippen molar-refractivity contribution in [1.82, 2.24) is 4.72 Å². The highest BCUT2D eigenvalue weighted by Gasteiger charge is 2.20. The van der Waals surface area contributed by atoms with Gasteiger partial charge in [0.2, 0.25) is 10.0 Å². The standard InChI is InChI=1S/C23H27NO4S/c1-16(2)20-15-23(17(3)14-22(20)27-4)29(25,26)24-12-13-28-21-11-7-9-18-8-5-6-10-19(18)21/h5-11,14-16,24H,12-13H2,1-4H3. The predicted molar refractivity (Wildman–Crippen MR) is 116 cm³/mol. The van der Waals surface area contributed by atoms with Crippen LogP contribution in [0.2, 0.25) is 0 Å². The van der Waals surface area contributed by atoms with Crippen molar-refractivity contribution in [3.63, 3.8) is 0 Å². The smallest absolute Gasteiger partial charge is 0.240 e. The number of rotatable bonds is 8. The Morgan fingerprint density at radius 3 is 2.45 bits per heavy atom. The number of methoxy groups -OCH3 is 1. The van der Waals surface area contributed by atoms with E-state index in [1.807, 2.05) is 56.3 Å². The largest absolute Gasteiger partial charge is 0.496 e. The van der Waals surface area contributed by atoms with Crippen LogP contribution in [0.5, 0.6) is 11.5 Å². The molecule has 0 bridgehead atoms. The fourth-order valence-corrected chi connectivity index (χ4v) is 4.60. The molecule has 29 heavy (non-hydrogen) atoms. The van der Waals surface area contributed by atoms with Gasteiger partial charge in [0.25, 0.3) is 0 Å². The van der Waals surface area contributed by atoms with Gasteiger partial charge in [-0.2, -0.15) is 0 Å². The summed E-state index contributed by atoms with van der Waals surface area (Å²) in [5, 5.41) is 2.09. The summed E-state index contributed by atoms with van der Waals surface area (Å²) in [6, 6.07) is 17.2. The lowest BCUT2D eigenvalue weighted by Gasteiger charge is -2.17. The first-order valence-corrected chi connectivity index (χ1v) is 11.1. The van der Waals surface area contributed by atoms with E-state index < -0.39 is 10.0 Å². The number of sulfonamides is 1. The minimum atomic E-state index is -3.65. The molecular weight excluding hydrogens is 386 g/mol. The Bertz CT molecular complexity index is 1100. The second kappa shape index (κ2) is 8.84. The molecule has 0 fully saturated rings. The summed E-state index contributed by atoms with van der Waals surface area (Å²) < 4.78 is 39.6. The highest BCUT2D eigenvalue weighted by Crippen LogP contribution is 2.31. The van der Waals surface area contributed by atoms with Gasteiger partial charge in [0.05, 0.1) is 12.0 Å². The molecule has 0 aromatic heterocycles. The molecule has 1 N–H and O–H groups in total. The van der Waals surface area contributed by atoms with Gasteiger partial charge in [0, 0.05) is 11.9 Å². The maximum Gasteiger partial charge on any atom is 0.240 e. The summed E-state index contributed by atoms with van der Waals surface area (Å²) in [5.74, 6) is 1.59. The summed E-state index contributed by atoms with van der Waals surface area (Å²) in [4.78, 5) is 0.271. The Labute approximate surface area is 172 Å². The summed E-state index contributed by atoms with van der Waals surface area (Å²) in [6.45, 7) is 6.20. The summed E-state index contributed by atoms with van der Waals surface area (Å²) in [7, 11) is -2.06. The number of nitrogens with one attached hydrogen (secondary N) is 1. The molecule has 3 rings (SSSR count). The molecule has 0 amide bonds. The highest BCUT2D eigenvalue weighted by atomic mass is 32.2. The highest BCUT2D eigenvalue weighted by molar-refractivity contribution is 7.89. The molecule has 3 aromatic rings. The number of hydrogen-bond acceptors (Lipinski definition) is 4. The van der Waals surface area contributed by atoms with Gasteiger partial charge in [-0.3, -0.25) is 0 Å². The zero-order chi connectivity index (χ0) is 21.0. The van der Waals surface area contributed by atoms with Crippen molar-refractivity contribution in [1.29, 1.82) is 0 Å². The first-order chi connectivity index (χ1) is 13.8. The van der Waals surface area contributed by atoms with Crippen molar-refractivity contribution in [3.05, 3.63) is 65.7 Å². The maximum atomic E-state index is 12.8. The summed E-state index contributed by atoms with van der Waals surface area (Å²) in [5.41, 5.74) is 1.51. The normalized spacial score (nSPS) is 11.8. The number of benzene rings is 3. The molecule has 6 heteroatoms. The van der Waals surface area contributed by atoms with Crippen LogP contribution in [0.1, 0.15) is 30.9 Å². The summed E-state index contributed by atoms with van der Waals surface area (Å²) >= 11 is 0. The molecule has 0 saturated heterocycles. The van der Waals surface area contributed by atoms with Crippen molar-refractivity contribution in [2.45, 2.75) is 31.6 Å². The third-order valence-electron chi connectivity index (χ3n) is 4.84. The number of ether oxygens (including phenoxy) is 2. The van der Waals surface area contributed by atoms with Gasteiger partial charge in [-0.05, 0) is 47.6 Å². The monoisotopic (exact) mass is 413 g/mol. The van der Waals surface area contributed by atoms with E-state index in [4.69, 9.17) is 9.47 Å². The van der Waals surface area contributed by atoms with Crippen LogP contribution in [0.3, 0.4) is 0 Å². The Morgan fingerprint density at radius 1 is 1.00 bits per heavy atom. The third kappa shape index (κ3) is 4.71. The number of fused-ring (bicyclic) bond motifs is 1. The lowest BCUT2D eigenvalue weighted by molar-refractivity contribution is 0.326. The van der Waals surface area contributed by atoms with Crippen molar-refractivity contribution in [2.24, 2.45) is 0 Å². The van der Waals surface area contributed by atoms with Crippen molar-refractivity contribution in [3.8, 4) is 11.5 Å². The second-order valence-corrected chi connectivity index (χ2v) is 8.97. The molecule has 0 aliphatic carbocycles. The van der Waals surface area contributed by atoms with Gasteiger partial charge in [0.1, 0.15) is 18.1 Å². The van der Waals surface area contributed by atoms with Gasteiger partial charge < -0.3 is 9.47 Å². The van der Waals surface area contributed by atoms with Crippen LogP contribution in [0.4, 0.5) is 0 Å². The van der Waals surface area contributed by atoms with Gasteiger partial charge in [-0.1, -0.05) is 50.2 Å². The van der Waals surface area contributed by atoms with Crippen LogP contribution < -0.4 is 14.2 Å². The molecule has 3 aromatic carbocycles. The van der Waals surface area contributed by atoms with Crippen molar-refractivity contribution >= 4 is 20.8 Å². The molecular formula is C23H27NO4S. The molecule has 0 atom stereocenters. The van der Waals surface area contributed by atoms with E-state index in [0.717, 1.165) is 22.1 Å². The minimum Gasteiger partial charge on any atom is -0.496 e. The Kier molecular flexibility index (Phi) is 6.45. The number of aryl methyl sites for hydroxylation is 1. The van der Waals surface area contributed by atoms with Crippen LogP contribution >= 0.6 is 0 Å². The SMILES string of the molecule is COc1cc(C)c(S(=O)(=O)NCCOc2cccc3ccccc23)cc1C(C)C.